The number of rotatable bonds is 5. The molecule has 0 saturated heterocycles. The maximum atomic E-state index is 13.0. The van der Waals surface area contributed by atoms with E-state index in [4.69, 9.17) is 0 Å². The van der Waals surface area contributed by atoms with Gasteiger partial charge in [0.25, 0.3) is 0 Å². The van der Waals surface area contributed by atoms with Crippen molar-refractivity contribution in [3.8, 4) is 0 Å². The molecule has 0 bridgehead atoms. The van der Waals surface area contributed by atoms with E-state index in [2.05, 4.69) is 15.9 Å². The van der Waals surface area contributed by atoms with Crippen molar-refractivity contribution in [3.63, 3.8) is 0 Å². The molecule has 0 heterocycles. The molecular formula is C24H17BrO3. The Morgan fingerprint density at radius 3 is 1.89 bits per heavy atom. The van der Waals surface area contributed by atoms with Crippen LogP contribution in [0.3, 0.4) is 0 Å². The molecule has 4 rings (SSSR count). The number of Topliss-reactive ketones (excluding diaryl/α,β-unsaturated/α-hetero) is 3. The third-order valence-electron chi connectivity index (χ3n) is 5.22. The van der Waals surface area contributed by atoms with Gasteiger partial charge in [-0.3, -0.25) is 14.4 Å². The van der Waals surface area contributed by atoms with E-state index in [0.717, 1.165) is 10.0 Å². The Kier molecular flexibility index (Phi) is 5.05. The fourth-order valence-electron chi connectivity index (χ4n) is 3.81. The van der Waals surface area contributed by atoms with Crippen molar-refractivity contribution in [3.05, 3.63) is 106 Å². The smallest absolute Gasteiger partial charge is 0.175 e. The van der Waals surface area contributed by atoms with Crippen molar-refractivity contribution in [2.24, 2.45) is 5.92 Å². The highest BCUT2D eigenvalue weighted by Crippen LogP contribution is 2.39. The van der Waals surface area contributed by atoms with Crippen molar-refractivity contribution in [1.82, 2.24) is 0 Å². The molecule has 0 amide bonds. The van der Waals surface area contributed by atoms with Gasteiger partial charge in [0.05, 0.1) is 5.92 Å². The van der Waals surface area contributed by atoms with Crippen LogP contribution in [0.4, 0.5) is 0 Å². The predicted octanol–water partition coefficient (Wildman–Crippen LogP) is 5.50. The maximum absolute atomic E-state index is 13.0. The summed E-state index contributed by atoms with van der Waals surface area (Å²) in [6, 6.07) is 23.4. The zero-order valence-electron chi connectivity index (χ0n) is 15.0. The van der Waals surface area contributed by atoms with Gasteiger partial charge in [0.2, 0.25) is 0 Å². The fraction of sp³-hybridized carbons (Fsp3) is 0.125. The summed E-state index contributed by atoms with van der Waals surface area (Å²) in [4.78, 5) is 39.0. The molecule has 0 aromatic heterocycles. The van der Waals surface area contributed by atoms with Gasteiger partial charge in [0.1, 0.15) is 0 Å². The van der Waals surface area contributed by atoms with E-state index < -0.39 is 11.8 Å². The van der Waals surface area contributed by atoms with Crippen LogP contribution in [-0.2, 0) is 0 Å². The second kappa shape index (κ2) is 7.64. The van der Waals surface area contributed by atoms with Gasteiger partial charge < -0.3 is 0 Å². The normalized spacial score (nSPS) is 14.8. The summed E-state index contributed by atoms with van der Waals surface area (Å²) >= 11 is 3.37. The summed E-state index contributed by atoms with van der Waals surface area (Å²) in [5.41, 5.74) is 2.30. The highest BCUT2D eigenvalue weighted by atomic mass is 79.9. The van der Waals surface area contributed by atoms with Crippen LogP contribution < -0.4 is 0 Å². The fourth-order valence-corrected chi connectivity index (χ4v) is 4.08. The first-order valence-electron chi connectivity index (χ1n) is 9.07. The largest absolute Gasteiger partial charge is 0.294 e. The van der Waals surface area contributed by atoms with Crippen LogP contribution in [0.15, 0.2) is 83.3 Å². The standard InChI is InChI=1S/C24H17BrO3/c25-17-12-10-16(11-13-17)21(26)14-20(15-6-2-1-3-7-15)22-23(27)18-8-4-5-9-19(18)24(22)28/h1-13,20,22H,14H2. The number of hydrogen-bond donors (Lipinski definition) is 0. The van der Waals surface area contributed by atoms with Gasteiger partial charge in [0, 0.05) is 33.5 Å². The molecule has 0 spiro atoms. The number of carbonyl (C=O) groups is 3. The van der Waals surface area contributed by atoms with Gasteiger partial charge in [-0.2, -0.15) is 0 Å². The summed E-state index contributed by atoms with van der Waals surface area (Å²) in [7, 11) is 0. The van der Waals surface area contributed by atoms with Crippen LogP contribution >= 0.6 is 15.9 Å². The average molecular weight is 433 g/mol. The van der Waals surface area contributed by atoms with Gasteiger partial charge in [-0.15, -0.1) is 0 Å². The molecular weight excluding hydrogens is 416 g/mol. The van der Waals surface area contributed by atoms with Crippen molar-refractivity contribution < 1.29 is 14.4 Å². The van der Waals surface area contributed by atoms with Gasteiger partial charge in [-0.05, 0) is 17.7 Å². The van der Waals surface area contributed by atoms with E-state index in [1.54, 1.807) is 36.4 Å². The number of halogens is 1. The molecule has 1 unspecified atom stereocenters. The molecule has 28 heavy (non-hydrogen) atoms. The molecule has 3 aromatic carbocycles. The second-order valence-corrected chi connectivity index (χ2v) is 7.82. The second-order valence-electron chi connectivity index (χ2n) is 6.90. The van der Waals surface area contributed by atoms with E-state index in [-0.39, 0.29) is 23.8 Å². The average Bonchev–Trinajstić information content (AvgIpc) is 2.98. The van der Waals surface area contributed by atoms with Gasteiger partial charge in [0.15, 0.2) is 17.3 Å². The number of hydrogen-bond acceptors (Lipinski definition) is 3. The van der Waals surface area contributed by atoms with Crippen LogP contribution in [-0.4, -0.2) is 17.3 Å². The lowest BCUT2D eigenvalue weighted by molar-refractivity contribution is 0.0802. The number of ketones is 3. The molecule has 0 aliphatic heterocycles. The minimum Gasteiger partial charge on any atom is -0.294 e. The highest BCUT2D eigenvalue weighted by Gasteiger charge is 2.44. The quantitative estimate of drug-likeness (QED) is 0.394. The number of benzene rings is 3. The Labute approximate surface area is 171 Å². The van der Waals surface area contributed by atoms with Crippen LogP contribution in [0.1, 0.15) is 49.0 Å². The molecule has 3 nitrogen and oxygen atoms in total. The molecule has 0 radical (unpaired) electrons. The first kappa shape index (κ1) is 18.5. The Morgan fingerprint density at radius 2 is 1.32 bits per heavy atom. The third kappa shape index (κ3) is 3.36. The third-order valence-corrected chi connectivity index (χ3v) is 5.75. The molecule has 3 aromatic rings. The van der Waals surface area contributed by atoms with Crippen LogP contribution in [0.5, 0.6) is 0 Å². The monoisotopic (exact) mass is 432 g/mol. The van der Waals surface area contributed by atoms with E-state index in [1.165, 1.54) is 0 Å². The summed E-state index contributed by atoms with van der Waals surface area (Å²) in [6.07, 6.45) is 0.0990. The van der Waals surface area contributed by atoms with E-state index in [1.807, 2.05) is 42.5 Å². The zero-order valence-corrected chi connectivity index (χ0v) is 16.6. The Bertz CT molecular complexity index is 1020. The molecule has 0 fully saturated rings. The Balaban J connectivity index is 1.71. The summed E-state index contributed by atoms with van der Waals surface area (Å²) in [6.45, 7) is 0. The lowest BCUT2D eigenvalue weighted by Crippen LogP contribution is -2.26. The topological polar surface area (TPSA) is 51.2 Å². The molecule has 4 heteroatoms. The Morgan fingerprint density at radius 1 is 0.786 bits per heavy atom. The predicted molar refractivity (Wildman–Crippen MR) is 111 cm³/mol. The first-order valence-corrected chi connectivity index (χ1v) is 9.86. The molecule has 1 aliphatic carbocycles. The summed E-state index contributed by atoms with van der Waals surface area (Å²) in [5, 5.41) is 0. The zero-order chi connectivity index (χ0) is 19.7. The number of fused-ring (bicyclic) bond motifs is 1. The lowest BCUT2D eigenvalue weighted by Gasteiger charge is -2.21. The van der Waals surface area contributed by atoms with E-state index in [9.17, 15) is 14.4 Å². The highest BCUT2D eigenvalue weighted by molar-refractivity contribution is 9.10. The molecule has 1 aliphatic rings. The lowest BCUT2D eigenvalue weighted by atomic mass is 9.79. The SMILES string of the molecule is O=C(CC(c1ccccc1)C1C(=O)c2ccccc2C1=O)c1ccc(Br)cc1. The minimum atomic E-state index is -0.862. The van der Waals surface area contributed by atoms with Crippen molar-refractivity contribution in [2.75, 3.05) is 0 Å². The van der Waals surface area contributed by atoms with Crippen LogP contribution in [0, 0.1) is 5.92 Å². The van der Waals surface area contributed by atoms with Crippen molar-refractivity contribution in [1.29, 1.82) is 0 Å². The summed E-state index contributed by atoms with van der Waals surface area (Å²) in [5.74, 6) is -1.84. The molecule has 0 saturated carbocycles. The summed E-state index contributed by atoms with van der Waals surface area (Å²) < 4.78 is 0.889. The minimum absolute atomic E-state index is 0.0853. The van der Waals surface area contributed by atoms with E-state index in [0.29, 0.717) is 16.7 Å². The van der Waals surface area contributed by atoms with Gasteiger partial charge in [-0.1, -0.05) is 82.7 Å². The van der Waals surface area contributed by atoms with Crippen molar-refractivity contribution >= 4 is 33.3 Å². The molecule has 1 atom stereocenters. The first-order chi connectivity index (χ1) is 13.6. The molecule has 0 N–H and O–H groups in total. The maximum Gasteiger partial charge on any atom is 0.175 e. The number of carbonyl (C=O) groups excluding carboxylic acids is 3. The Hall–Kier alpha value is -2.85. The molecule has 138 valence electrons. The van der Waals surface area contributed by atoms with Crippen LogP contribution in [0.25, 0.3) is 0 Å². The van der Waals surface area contributed by atoms with Crippen molar-refractivity contribution in [2.45, 2.75) is 12.3 Å². The van der Waals surface area contributed by atoms with Crippen LogP contribution in [0.2, 0.25) is 0 Å². The van der Waals surface area contributed by atoms with Gasteiger partial charge >= 0.3 is 0 Å². The van der Waals surface area contributed by atoms with E-state index >= 15 is 0 Å². The van der Waals surface area contributed by atoms with Gasteiger partial charge in [-0.25, -0.2) is 0 Å².